The molecule has 23 heavy (non-hydrogen) atoms. The van der Waals surface area contributed by atoms with Crippen LogP contribution in [0.15, 0.2) is 36.4 Å². The van der Waals surface area contributed by atoms with Crippen molar-refractivity contribution in [2.45, 2.75) is 25.6 Å². The summed E-state index contributed by atoms with van der Waals surface area (Å²) < 4.78 is 31.7. The SMILES string of the molecule is Cc1ccccc1N1CC=CC[C@H](N)C1=O.O=C(O)C(F)(F)F. The van der Waals surface area contributed by atoms with Crippen LogP contribution in [0.4, 0.5) is 18.9 Å². The van der Waals surface area contributed by atoms with Gasteiger partial charge in [0.05, 0.1) is 6.04 Å². The fraction of sp³-hybridized carbons (Fsp3) is 0.333. The fourth-order valence-corrected chi connectivity index (χ4v) is 1.90. The molecule has 0 saturated carbocycles. The smallest absolute Gasteiger partial charge is 0.475 e. The van der Waals surface area contributed by atoms with E-state index in [1.165, 1.54) is 0 Å². The molecule has 8 heteroatoms. The molecule has 1 atom stereocenters. The van der Waals surface area contributed by atoms with Crippen LogP contribution in [0.5, 0.6) is 0 Å². The summed E-state index contributed by atoms with van der Waals surface area (Å²) in [6.07, 6.45) is -0.487. The largest absolute Gasteiger partial charge is 0.490 e. The molecule has 5 nitrogen and oxygen atoms in total. The minimum absolute atomic E-state index is 0.000648. The second-order valence-corrected chi connectivity index (χ2v) is 4.85. The number of aryl methyl sites for hydroxylation is 1. The van der Waals surface area contributed by atoms with Gasteiger partial charge >= 0.3 is 12.1 Å². The second-order valence-electron chi connectivity index (χ2n) is 4.85. The molecule has 0 saturated heterocycles. The number of carbonyl (C=O) groups is 2. The zero-order chi connectivity index (χ0) is 17.6. The van der Waals surface area contributed by atoms with Crippen molar-refractivity contribution in [3.05, 3.63) is 42.0 Å². The van der Waals surface area contributed by atoms with Crippen molar-refractivity contribution in [3.8, 4) is 0 Å². The van der Waals surface area contributed by atoms with Gasteiger partial charge in [-0.3, -0.25) is 4.79 Å². The Hall–Kier alpha value is -2.35. The van der Waals surface area contributed by atoms with Gasteiger partial charge in [0.1, 0.15) is 0 Å². The molecule has 1 amide bonds. The Kier molecular flexibility index (Phi) is 6.32. The van der Waals surface area contributed by atoms with Crippen molar-refractivity contribution >= 4 is 17.6 Å². The van der Waals surface area contributed by atoms with Crippen LogP contribution >= 0.6 is 0 Å². The summed E-state index contributed by atoms with van der Waals surface area (Å²) in [6, 6.07) is 7.45. The Bertz CT molecular complexity index is 600. The van der Waals surface area contributed by atoms with Gasteiger partial charge in [0.15, 0.2) is 0 Å². The van der Waals surface area contributed by atoms with Crippen LogP contribution in [-0.4, -0.2) is 35.7 Å². The number of carboxylic acid groups (broad SMARTS) is 1. The van der Waals surface area contributed by atoms with Gasteiger partial charge in [-0.2, -0.15) is 13.2 Å². The summed E-state index contributed by atoms with van der Waals surface area (Å²) in [5.41, 5.74) is 7.86. The zero-order valence-electron chi connectivity index (χ0n) is 12.4. The van der Waals surface area contributed by atoms with E-state index in [1.807, 2.05) is 43.3 Å². The van der Waals surface area contributed by atoms with E-state index in [9.17, 15) is 18.0 Å². The van der Waals surface area contributed by atoms with Crippen molar-refractivity contribution in [3.63, 3.8) is 0 Å². The van der Waals surface area contributed by atoms with Gasteiger partial charge in [-0.25, -0.2) is 4.79 Å². The Morgan fingerprint density at radius 2 is 1.87 bits per heavy atom. The summed E-state index contributed by atoms with van der Waals surface area (Å²) in [7, 11) is 0. The predicted octanol–water partition coefficient (Wildman–Crippen LogP) is 2.25. The van der Waals surface area contributed by atoms with Crippen LogP contribution < -0.4 is 10.6 Å². The standard InChI is InChI=1S/C13H16N2O.C2HF3O2/c1-10-6-2-3-8-12(10)15-9-5-4-7-11(14)13(15)16;3-2(4,5)1(6)7/h2-6,8,11H,7,9,14H2,1H3;(H,6,7)/t11-;/m0./s1. The Balaban J connectivity index is 0.000000322. The first-order chi connectivity index (χ1) is 10.6. The molecule has 0 fully saturated rings. The number of carbonyl (C=O) groups excluding carboxylic acids is 1. The summed E-state index contributed by atoms with van der Waals surface area (Å²) in [5.74, 6) is -2.76. The minimum atomic E-state index is -5.08. The number of alkyl halides is 3. The highest BCUT2D eigenvalue weighted by Crippen LogP contribution is 2.21. The van der Waals surface area contributed by atoms with Crippen LogP contribution in [0.25, 0.3) is 0 Å². The third-order valence-corrected chi connectivity index (χ3v) is 3.08. The van der Waals surface area contributed by atoms with E-state index < -0.39 is 18.2 Å². The van der Waals surface area contributed by atoms with Gasteiger partial charge in [-0.15, -0.1) is 0 Å². The zero-order valence-corrected chi connectivity index (χ0v) is 12.4. The first kappa shape index (κ1) is 18.7. The van der Waals surface area contributed by atoms with Gasteiger partial charge < -0.3 is 15.7 Å². The fourth-order valence-electron chi connectivity index (χ4n) is 1.90. The lowest BCUT2D eigenvalue weighted by Crippen LogP contribution is -2.42. The number of halogens is 3. The number of nitrogens with two attached hydrogens (primary N) is 1. The molecular formula is C15H17F3N2O3. The molecule has 1 aromatic rings. The van der Waals surface area contributed by atoms with E-state index >= 15 is 0 Å². The molecular weight excluding hydrogens is 313 g/mol. The van der Waals surface area contributed by atoms with E-state index in [0.717, 1.165) is 11.3 Å². The summed E-state index contributed by atoms with van der Waals surface area (Å²) >= 11 is 0. The highest BCUT2D eigenvalue weighted by atomic mass is 19.4. The average Bonchev–Trinajstić information content (AvgIpc) is 2.62. The van der Waals surface area contributed by atoms with Crippen molar-refractivity contribution in [2.75, 3.05) is 11.4 Å². The third kappa shape index (κ3) is 5.41. The molecule has 126 valence electrons. The number of amides is 1. The van der Waals surface area contributed by atoms with Crippen LogP contribution in [0.2, 0.25) is 0 Å². The van der Waals surface area contributed by atoms with Crippen molar-refractivity contribution < 1.29 is 27.9 Å². The van der Waals surface area contributed by atoms with Gasteiger partial charge in [-0.1, -0.05) is 30.4 Å². The number of aliphatic carboxylic acids is 1. The Morgan fingerprint density at radius 3 is 2.39 bits per heavy atom. The first-order valence-corrected chi connectivity index (χ1v) is 6.72. The molecule has 1 aliphatic heterocycles. The number of para-hydroxylation sites is 1. The molecule has 3 N–H and O–H groups in total. The van der Waals surface area contributed by atoms with E-state index in [-0.39, 0.29) is 5.91 Å². The lowest BCUT2D eigenvalue weighted by molar-refractivity contribution is -0.192. The van der Waals surface area contributed by atoms with Crippen LogP contribution in [-0.2, 0) is 9.59 Å². The number of anilines is 1. The van der Waals surface area contributed by atoms with E-state index in [2.05, 4.69) is 0 Å². The van der Waals surface area contributed by atoms with Gasteiger partial charge in [-0.05, 0) is 25.0 Å². The topological polar surface area (TPSA) is 83.6 Å². The molecule has 0 unspecified atom stereocenters. The molecule has 1 aromatic carbocycles. The van der Waals surface area contributed by atoms with Crippen LogP contribution in [0, 0.1) is 6.92 Å². The summed E-state index contributed by atoms with van der Waals surface area (Å²) in [4.78, 5) is 22.7. The molecule has 2 rings (SSSR count). The number of nitrogens with zero attached hydrogens (tertiary/aromatic N) is 1. The van der Waals surface area contributed by atoms with Crippen LogP contribution in [0.3, 0.4) is 0 Å². The second kappa shape index (κ2) is 7.77. The van der Waals surface area contributed by atoms with E-state index in [0.29, 0.717) is 13.0 Å². The third-order valence-electron chi connectivity index (χ3n) is 3.08. The molecule has 0 bridgehead atoms. The molecule has 0 radical (unpaired) electrons. The monoisotopic (exact) mass is 330 g/mol. The maximum atomic E-state index is 12.1. The average molecular weight is 330 g/mol. The highest BCUT2D eigenvalue weighted by molar-refractivity contribution is 5.98. The Labute approximate surface area is 131 Å². The van der Waals surface area contributed by atoms with Crippen LogP contribution in [0.1, 0.15) is 12.0 Å². The minimum Gasteiger partial charge on any atom is -0.475 e. The number of hydrogen-bond acceptors (Lipinski definition) is 3. The van der Waals surface area contributed by atoms with E-state index in [1.54, 1.807) is 4.90 Å². The van der Waals surface area contributed by atoms with Gasteiger partial charge in [0, 0.05) is 12.2 Å². The highest BCUT2D eigenvalue weighted by Gasteiger charge is 2.38. The predicted molar refractivity (Wildman–Crippen MR) is 79.0 cm³/mol. The normalized spacial score (nSPS) is 18.0. The molecule has 1 heterocycles. The maximum absolute atomic E-state index is 12.1. The number of benzene rings is 1. The molecule has 0 aliphatic carbocycles. The van der Waals surface area contributed by atoms with Crippen molar-refractivity contribution in [2.24, 2.45) is 5.73 Å². The summed E-state index contributed by atoms with van der Waals surface area (Å²) in [5, 5.41) is 7.12. The van der Waals surface area contributed by atoms with Crippen molar-refractivity contribution in [1.82, 2.24) is 0 Å². The first-order valence-electron chi connectivity index (χ1n) is 6.72. The van der Waals surface area contributed by atoms with Gasteiger partial charge in [0.2, 0.25) is 5.91 Å². The lowest BCUT2D eigenvalue weighted by atomic mass is 10.1. The van der Waals surface area contributed by atoms with E-state index in [4.69, 9.17) is 15.6 Å². The maximum Gasteiger partial charge on any atom is 0.490 e. The number of carboxylic acids is 1. The quantitative estimate of drug-likeness (QED) is 0.774. The van der Waals surface area contributed by atoms with Crippen molar-refractivity contribution in [1.29, 1.82) is 0 Å². The number of rotatable bonds is 1. The summed E-state index contributed by atoms with van der Waals surface area (Å²) in [6.45, 7) is 2.61. The molecule has 0 aromatic heterocycles. The van der Waals surface area contributed by atoms with Gasteiger partial charge in [0.25, 0.3) is 0 Å². The Morgan fingerprint density at radius 1 is 1.30 bits per heavy atom. The lowest BCUT2D eigenvalue weighted by Gasteiger charge is -2.24. The number of hydrogen-bond donors (Lipinski definition) is 2. The molecule has 0 spiro atoms. The molecule has 1 aliphatic rings.